The Kier molecular flexibility index (Phi) is 4.08. The molecule has 0 amide bonds. The number of hydrogen-bond acceptors (Lipinski definition) is 2. The fourth-order valence-corrected chi connectivity index (χ4v) is 2.27. The third kappa shape index (κ3) is 3.06. The SMILES string of the molecule is Cc1cc(Br)c(F)cc1Nc1cc(Cl)ccc1C#N. The van der Waals surface area contributed by atoms with E-state index in [2.05, 4.69) is 27.3 Å². The molecular weight excluding hydrogens is 331 g/mol. The third-order valence-corrected chi connectivity index (χ3v) is 3.48. The van der Waals surface area contributed by atoms with Crippen molar-refractivity contribution in [2.24, 2.45) is 0 Å². The molecule has 2 rings (SSSR count). The molecule has 2 aromatic carbocycles. The summed E-state index contributed by atoms with van der Waals surface area (Å²) in [6.45, 7) is 1.85. The molecule has 0 aliphatic rings. The second-order valence-corrected chi connectivity index (χ2v) is 5.30. The largest absolute Gasteiger partial charge is 0.354 e. The van der Waals surface area contributed by atoms with E-state index in [1.54, 1.807) is 24.3 Å². The molecule has 0 spiro atoms. The number of nitrogens with one attached hydrogen (secondary N) is 1. The predicted octanol–water partition coefficient (Wildman–Crippen LogP) is 5.17. The van der Waals surface area contributed by atoms with E-state index in [0.29, 0.717) is 26.4 Å². The van der Waals surface area contributed by atoms with Gasteiger partial charge in [-0.1, -0.05) is 11.6 Å². The van der Waals surface area contributed by atoms with Crippen LogP contribution in [0.25, 0.3) is 0 Å². The predicted molar refractivity (Wildman–Crippen MR) is 78.3 cm³/mol. The lowest BCUT2D eigenvalue weighted by Gasteiger charge is -2.12. The molecule has 5 heteroatoms. The van der Waals surface area contributed by atoms with Gasteiger partial charge < -0.3 is 5.32 Å². The quantitative estimate of drug-likeness (QED) is 0.819. The molecule has 0 unspecified atom stereocenters. The van der Waals surface area contributed by atoms with Crippen LogP contribution in [0, 0.1) is 24.1 Å². The fraction of sp³-hybridized carbons (Fsp3) is 0.0714. The van der Waals surface area contributed by atoms with Crippen molar-refractivity contribution in [3.05, 3.63) is 56.8 Å². The minimum atomic E-state index is -0.367. The Morgan fingerprint density at radius 1 is 1.26 bits per heavy atom. The minimum absolute atomic E-state index is 0.367. The zero-order chi connectivity index (χ0) is 14.0. The third-order valence-electron chi connectivity index (χ3n) is 2.64. The van der Waals surface area contributed by atoms with Gasteiger partial charge in [0.15, 0.2) is 0 Å². The Morgan fingerprint density at radius 3 is 2.68 bits per heavy atom. The monoisotopic (exact) mass is 338 g/mol. The first-order chi connectivity index (χ1) is 9.01. The minimum Gasteiger partial charge on any atom is -0.354 e. The van der Waals surface area contributed by atoms with Crippen LogP contribution >= 0.6 is 27.5 Å². The first kappa shape index (κ1) is 13.9. The lowest BCUT2D eigenvalue weighted by molar-refractivity contribution is 0.621. The summed E-state index contributed by atoms with van der Waals surface area (Å²) < 4.78 is 14.0. The van der Waals surface area contributed by atoms with Gasteiger partial charge in [0.05, 0.1) is 15.7 Å². The number of halogens is 3. The molecule has 0 aliphatic carbocycles. The number of aryl methyl sites for hydroxylation is 1. The molecule has 0 fully saturated rings. The Morgan fingerprint density at radius 2 is 2.00 bits per heavy atom. The molecule has 2 aromatic rings. The molecule has 0 aromatic heterocycles. The van der Waals surface area contributed by atoms with E-state index in [1.807, 2.05) is 6.92 Å². The van der Waals surface area contributed by atoms with Crippen molar-refractivity contribution < 1.29 is 4.39 Å². The summed E-state index contributed by atoms with van der Waals surface area (Å²) >= 11 is 9.03. The smallest absolute Gasteiger partial charge is 0.139 e. The van der Waals surface area contributed by atoms with E-state index in [4.69, 9.17) is 16.9 Å². The zero-order valence-electron chi connectivity index (χ0n) is 9.97. The molecule has 0 radical (unpaired) electrons. The number of nitrogens with zero attached hydrogens (tertiary/aromatic N) is 1. The Hall–Kier alpha value is -1.57. The van der Waals surface area contributed by atoms with Gasteiger partial charge in [0.1, 0.15) is 11.9 Å². The molecule has 0 bridgehead atoms. The number of anilines is 2. The van der Waals surface area contributed by atoms with Gasteiger partial charge >= 0.3 is 0 Å². The summed E-state index contributed by atoms with van der Waals surface area (Å²) in [5.41, 5.74) is 2.46. The molecule has 0 saturated carbocycles. The molecular formula is C14H9BrClFN2. The van der Waals surface area contributed by atoms with Crippen molar-refractivity contribution in [2.75, 3.05) is 5.32 Å². The summed E-state index contributed by atoms with van der Waals surface area (Å²) in [6, 6.07) is 10.0. The highest BCUT2D eigenvalue weighted by atomic mass is 79.9. The standard InChI is InChI=1S/C14H9BrClFN2/c1-8-4-11(15)12(17)6-13(8)19-14-5-10(16)3-2-9(14)7-18/h2-6,19H,1H3. The summed E-state index contributed by atoms with van der Waals surface area (Å²) in [7, 11) is 0. The van der Waals surface area contributed by atoms with Crippen molar-refractivity contribution >= 4 is 38.9 Å². The lowest BCUT2D eigenvalue weighted by Crippen LogP contribution is -1.97. The first-order valence-corrected chi connectivity index (χ1v) is 6.60. The van der Waals surface area contributed by atoms with Crippen LogP contribution in [0.5, 0.6) is 0 Å². The summed E-state index contributed by atoms with van der Waals surface area (Å²) in [4.78, 5) is 0. The fourth-order valence-electron chi connectivity index (χ4n) is 1.64. The molecule has 2 nitrogen and oxygen atoms in total. The number of nitriles is 1. The topological polar surface area (TPSA) is 35.8 Å². The van der Waals surface area contributed by atoms with Crippen LogP contribution in [-0.2, 0) is 0 Å². The van der Waals surface area contributed by atoms with Gasteiger partial charge in [0.2, 0.25) is 0 Å². The molecule has 0 aliphatic heterocycles. The van der Waals surface area contributed by atoms with Crippen LogP contribution in [0.15, 0.2) is 34.8 Å². The van der Waals surface area contributed by atoms with Gasteiger partial charge in [-0.05, 0) is 58.7 Å². The second kappa shape index (κ2) is 5.60. The summed E-state index contributed by atoms with van der Waals surface area (Å²) in [5.74, 6) is -0.367. The van der Waals surface area contributed by atoms with E-state index < -0.39 is 0 Å². The Labute approximate surface area is 123 Å². The van der Waals surface area contributed by atoms with Crippen LogP contribution in [0.2, 0.25) is 5.02 Å². The summed E-state index contributed by atoms with van der Waals surface area (Å²) in [6.07, 6.45) is 0. The first-order valence-electron chi connectivity index (χ1n) is 5.43. The van der Waals surface area contributed by atoms with E-state index in [0.717, 1.165) is 5.56 Å². The van der Waals surface area contributed by atoms with Crippen molar-refractivity contribution in [1.82, 2.24) is 0 Å². The highest BCUT2D eigenvalue weighted by Crippen LogP contribution is 2.29. The molecule has 19 heavy (non-hydrogen) atoms. The van der Waals surface area contributed by atoms with Crippen molar-refractivity contribution in [2.45, 2.75) is 6.92 Å². The van der Waals surface area contributed by atoms with Crippen LogP contribution < -0.4 is 5.32 Å². The Balaban J connectivity index is 2.45. The van der Waals surface area contributed by atoms with E-state index in [9.17, 15) is 4.39 Å². The van der Waals surface area contributed by atoms with E-state index in [-0.39, 0.29) is 5.82 Å². The molecule has 0 atom stereocenters. The van der Waals surface area contributed by atoms with E-state index in [1.165, 1.54) is 6.07 Å². The number of benzene rings is 2. The van der Waals surface area contributed by atoms with Gasteiger partial charge in [-0.3, -0.25) is 0 Å². The molecule has 96 valence electrons. The molecule has 0 heterocycles. The van der Waals surface area contributed by atoms with Gasteiger partial charge in [-0.25, -0.2) is 4.39 Å². The normalized spacial score (nSPS) is 10.1. The van der Waals surface area contributed by atoms with Gasteiger partial charge in [-0.2, -0.15) is 5.26 Å². The maximum Gasteiger partial charge on any atom is 0.139 e. The van der Waals surface area contributed by atoms with Crippen LogP contribution in [-0.4, -0.2) is 0 Å². The number of rotatable bonds is 2. The van der Waals surface area contributed by atoms with Gasteiger partial charge in [0, 0.05) is 10.7 Å². The number of hydrogen-bond donors (Lipinski definition) is 1. The second-order valence-electron chi connectivity index (χ2n) is 4.01. The Bertz CT molecular complexity index is 680. The summed E-state index contributed by atoms with van der Waals surface area (Å²) in [5, 5.41) is 12.6. The highest BCUT2D eigenvalue weighted by molar-refractivity contribution is 9.10. The van der Waals surface area contributed by atoms with Crippen LogP contribution in [0.3, 0.4) is 0 Å². The zero-order valence-corrected chi connectivity index (χ0v) is 12.3. The van der Waals surface area contributed by atoms with E-state index >= 15 is 0 Å². The highest BCUT2D eigenvalue weighted by Gasteiger charge is 2.08. The average Bonchev–Trinajstić information content (AvgIpc) is 2.36. The van der Waals surface area contributed by atoms with Crippen LogP contribution in [0.4, 0.5) is 15.8 Å². The molecule has 0 saturated heterocycles. The van der Waals surface area contributed by atoms with Gasteiger partial charge in [0.25, 0.3) is 0 Å². The lowest BCUT2D eigenvalue weighted by atomic mass is 10.1. The van der Waals surface area contributed by atoms with Crippen molar-refractivity contribution in [3.8, 4) is 6.07 Å². The van der Waals surface area contributed by atoms with Crippen molar-refractivity contribution in [1.29, 1.82) is 5.26 Å². The maximum absolute atomic E-state index is 13.5. The molecule has 1 N–H and O–H groups in total. The average molecular weight is 340 g/mol. The van der Waals surface area contributed by atoms with Crippen LogP contribution in [0.1, 0.15) is 11.1 Å². The van der Waals surface area contributed by atoms with Crippen molar-refractivity contribution in [3.63, 3.8) is 0 Å². The van der Waals surface area contributed by atoms with Gasteiger partial charge in [-0.15, -0.1) is 0 Å². The maximum atomic E-state index is 13.5.